The zero-order valence-corrected chi connectivity index (χ0v) is 15.2. The highest BCUT2D eigenvalue weighted by molar-refractivity contribution is 5.92. The number of amides is 1. The predicted octanol–water partition coefficient (Wildman–Crippen LogP) is 2.42. The van der Waals surface area contributed by atoms with Crippen LogP contribution in [0.1, 0.15) is 41.5 Å². The Bertz CT molecular complexity index is 695. The molecule has 0 spiro atoms. The van der Waals surface area contributed by atoms with Crippen LogP contribution in [0.5, 0.6) is 0 Å². The number of nitrogens with one attached hydrogen (secondary N) is 1. The number of aromatic nitrogens is 2. The molecule has 0 radical (unpaired) electrons. The maximum absolute atomic E-state index is 12.6. The standard InChI is InChI=1S/C20H28N4O/c1-3-17-14-19(23(2)22-17)20(25)21-18-10-7-12-24(15-18)13-11-16-8-5-4-6-9-16/h4-6,8-9,14,18H,3,7,10-13,15H2,1-2H3,(H,21,25)/t18-/m0/s1. The van der Waals surface area contributed by atoms with E-state index >= 15 is 0 Å². The van der Waals surface area contributed by atoms with Gasteiger partial charge in [0, 0.05) is 26.2 Å². The first-order chi connectivity index (χ1) is 12.2. The van der Waals surface area contributed by atoms with Gasteiger partial charge >= 0.3 is 0 Å². The Hall–Kier alpha value is -2.14. The van der Waals surface area contributed by atoms with E-state index in [1.165, 1.54) is 5.56 Å². The minimum atomic E-state index is -0.00962. The molecule has 0 bridgehead atoms. The Kier molecular flexibility index (Phi) is 5.87. The molecule has 1 atom stereocenters. The van der Waals surface area contributed by atoms with E-state index in [0.29, 0.717) is 5.69 Å². The number of nitrogens with zero attached hydrogens (tertiary/aromatic N) is 3. The lowest BCUT2D eigenvalue weighted by Gasteiger charge is -2.33. The summed E-state index contributed by atoms with van der Waals surface area (Å²) in [6, 6.07) is 12.7. The van der Waals surface area contributed by atoms with Gasteiger partial charge in [0.2, 0.25) is 0 Å². The van der Waals surface area contributed by atoms with Gasteiger partial charge in [-0.25, -0.2) is 0 Å². The zero-order valence-electron chi connectivity index (χ0n) is 15.2. The molecule has 1 aliphatic rings. The minimum absolute atomic E-state index is 0.00962. The van der Waals surface area contributed by atoms with Gasteiger partial charge in [0.1, 0.15) is 5.69 Å². The van der Waals surface area contributed by atoms with Crippen molar-refractivity contribution in [3.8, 4) is 0 Å². The molecule has 134 valence electrons. The first-order valence-corrected chi connectivity index (χ1v) is 9.25. The van der Waals surface area contributed by atoms with Crippen LogP contribution < -0.4 is 5.32 Å². The highest BCUT2D eigenvalue weighted by Crippen LogP contribution is 2.13. The fourth-order valence-electron chi connectivity index (χ4n) is 3.48. The van der Waals surface area contributed by atoms with E-state index in [4.69, 9.17) is 0 Å². The summed E-state index contributed by atoms with van der Waals surface area (Å²) in [5.41, 5.74) is 2.98. The van der Waals surface area contributed by atoms with Gasteiger partial charge < -0.3 is 10.2 Å². The Morgan fingerprint density at radius 1 is 1.32 bits per heavy atom. The second-order valence-corrected chi connectivity index (χ2v) is 6.85. The molecule has 1 aliphatic heterocycles. The van der Waals surface area contributed by atoms with Crippen LogP contribution in [-0.4, -0.2) is 46.3 Å². The predicted molar refractivity (Wildman–Crippen MR) is 99.7 cm³/mol. The number of hydrogen-bond acceptors (Lipinski definition) is 3. The highest BCUT2D eigenvalue weighted by atomic mass is 16.2. The van der Waals surface area contributed by atoms with Gasteiger partial charge in [0.05, 0.1) is 5.69 Å². The first kappa shape index (κ1) is 17.7. The van der Waals surface area contributed by atoms with Crippen LogP contribution in [0.25, 0.3) is 0 Å². The van der Waals surface area contributed by atoms with E-state index in [1.54, 1.807) is 4.68 Å². The van der Waals surface area contributed by atoms with Gasteiger partial charge in [-0.1, -0.05) is 37.3 Å². The second-order valence-electron chi connectivity index (χ2n) is 6.85. The van der Waals surface area contributed by atoms with Crippen LogP contribution in [0.4, 0.5) is 0 Å². The SMILES string of the molecule is CCc1cc(C(=O)N[C@H]2CCCN(CCc3ccccc3)C2)n(C)n1. The van der Waals surface area contributed by atoms with E-state index in [-0.39, 0.29) is 11.9 Å². The van der Waals surface area contributed by atoms with Gasteiger partial charge in [-0.15, -0.1) is 0 Å². The molecule has 1 aromatic heterocycles. The van der Waals surface area contributed by atoms with Crippen LogP contribution in [-0.2, 0) is 19.9 Å². The summed E-state index contributed by atoms with van der Waals surface area (Å²) >= 11 is 0. The number of aryl methyl sites for hydroxylation is 2. The van der Waals surface area contributed by atoms with Crippen LogP contribution in [0, 0.1) is 0 Å². The average molecular weight is 340 g/mol. The third-order valence-electron chi connectivity index (χ3n) is 4.93. The lowest BCUT2D eigenvalue weighted by molar-refractivity contribution is 0.0894. The molecule has 25 heavy (non-hydrogen) atoms. The Labute approximate surface area is 150 Å². The Balaban J connectivity index is 1.52. The van der Waals surface area contributed by atoms with Gasteiger partial charge in [-0.3, -0.25) is 9.48 Å². The van der Waals surface area contributed by atoms with E-state index in [9.17, 15) is 4.79 Å². The fourth-order valence-corrected chi connectivity index (χ4v) is 3.48. The normalized spacial score (nSPS) is 18.2. The smallest absolute Gasteiger partial charge is 0.269 e. The number of carbonyl (C=O) groups excluding carboxylic acids is 1. The van der Waals surface area contributed by atoms with E-state index in [1.807, 2.05) is 13.1 Å². The molecule has 1 N–H and O–H groups in total. The van der Waals surface area contributed by atoms with Crippen molar-refractivity contribution in [2.45, 2.75) is 38.6 Å². The molecule has 5 nitrogen and oxygen atoms in total. The summed E-state index contributed by atoms with van der Waals surface area (Å²) in [4.78, 5) is 15.0. The Morgan fingerprint density at radius 3 is 2.84 bits per heavy atom. The van der Waals surface area contributed by atoms with Crippen molar-refractivity contribution in [1.29, 1.82) is 0 Å². The highest BCUT2D eigenvalue weighted by Gasteiger charge is 2.23. The quantitative estimate of drug-likeness (QED) is 0.879. The molecule has 1 amide bonds. The Morgan fingerprint density at radius 2 is 2.12 bits per heavy atom. The topological polar surface area (TPSA) is 50.2 Å². The number of piperidine rings is 1. The van der Waals surface area contributed by atoms with Gasteiger partial charge in [0.25, 0.3) is 5.91 Å². The summed E-state index contributed by atoms with van der Waals surface area (Å²) in [6.45, 7) is 5.14. The second kappa shape index (κ2) is 8.30. The summed E-state index contributed by atoms with van der Waals surface area (Å²) in [5, 5.41) is 7.57. The first-order valence-electron chi connectivity index (χ1n) is 9.25. The molecule has 1 fully saturated rings. The van der Waals surface area contributed by atoms with Crippen molar-refractivity contribution >= 4 is 5.91 Å². The van der Waals surface area contributed by atoms with E-state index in [0.717, 1.165) is 51.0 Å². The molecule has 0 unspecified atom stereocenters. The minimum Gasteiger partial charge on any atom is -0.347 e. The average Bonchev–Trinajstić information content (AvgIpc) is 3.02. The molecular weight excluding hydrogens is 312 g/mol. The third-order valence-corrected chi connectivity index (χ3v) is 4.93. The van der Waals surface area contributed by atoms with Crippen LogP contribution in [0.15, 0.2) is 36.4 Å². The van der Waals surface area contributed by atoms with Crippen LogP contribution in [0.3, 0.4) is 0 Å². The summed E-state index contributed by atoms with van der Waals surface area (Å²) in [6.07, 6.45) is 4.08. The summed E-state index contributed by atoms with van der Waals surface area (Å²) in [7, 11) is 1.83. The van der Waals surface area contributed by atoms with E-state index in [2.05, 4.69) is 52.6 Å². The van der Waals surface area contributed by atoms with Gasteiger partial charge in [-0.05, 0) is 43.9 Å². The maximum Gasteiger partial charge on any atom is 0.269 e. The van der Waals surface area contributed by atoms with Crippen molar-refractivity contribution in [1.82, 2.24) is 20.0 Å². The van der Waals surface area contributed by atoms with E-state index < -0.39 is 0 Å². The third kappa shape index (κ3) is 4.69. The largest absolute Gasteiger partial charge is 0.347 e. The fraction of sp³-hybridized carbons (Fsp3) is 0.500. The van der Waals surface area contributed by atoms with Crippen molar-refractivity contribution in [2.75, 3.05) is 19.6 Å². The molecule has 1 aromatic carbocycles. The number of likely N-dealkylation sites (tertiary alicyclic amines) is 1. The summed E-state index contributed by atoms with van der Waals surface area (Å²) in [5.74, 6) is -0.00962. The van der Waals surface area contributed by atoms with Crippen molar-refractivity contribution in [3.63, 3.8) is 0 Å². The van der Waals surface area contributed by atoms with Crippen molar-refractivity contribution in [3.05, 3.63) is 53.3 Å². The molecule has 2 heterocycles. The lowest BCUT2D eigenvalue weighted by atomic mass is 10.0. The van der Waals surface area contributed by atoms with Crippen molar-refractivity contribution in [2.24, 2.45) is 7.05 Å². The summed E-state index contributed by atoms with van der Waals surface area (Å²) < 4.78 is 1.68. The molecule has 1 saturated heterocycles. The van der Waals surface area contributed by atoms with Crippen molar-refractivity contribution < 1.29 is 4.79 Å². The number of rotatable bonds is 6. The molecular formula is C20H28N4O. The molecule has 3 rings (SSSR count). The number of benzene rings is 1. The number of hydrogen-bond donors (Lipinski definition) is 1. The molecule has 5 heteroatoms. The van der Waals surface area contributed by atoms with Gasteiger partial charge in [-0.2, -0.15) is 5.10 Å². The molecule has 0 saturated carbocycles. The number of carbonyl (C=O) groups is 1. The van der Waals surface area contributed by atoms with Crippen LogP contribution in [0.2, 0.25) is 0 Å². The maximum atomic E-state index is 12.6. The van der Waals surface area contributed by atoms with Gasteiger partial charge in [0.15, 0.2) is 0 Å². The lowest BCUT2D eigenvalue weighted by Crippen LogP contribution is -2.48. The van der Waals surface area contributed by atoms with Crippen LogP contribution >= 0.6 is 0 Å². The monoisotopic (exact) mass is 340 g/mol. The zero-order chi connectivity index (χ0) is 17.6. The molecule has 2 aromatic rings. The molecule has 0 aliphatic carbocycles.